The molecule has 0 aliphatic carbocycles. The SMILES string of the molecule is CCOC(=O)CCCCCCCCCCCCCCCCCCCOc1c2ccccc2c(OCCCCCCCCCCCCCCCCCCCC(=O)OCC)c2ccccc12. The minimum absolute atomic E-state index is 0.0398. The van der Waals surface area contributed by atoms with E-state index in [2.05, 4.69) is 48.5 Å². The monoisotopic (exact) mass is 887 g/mol. The molecule has 6 heteroatoms. The zero-order valence-electron chi connectivity index (χ0n) is 41.4. The molecule has 0 saturated heterocycles. The lowest BCUT2D eigenvalue weighted by atomic mass is 10.0. The fourth-order valence-electron chi connectivity index (χ4n) is 9.22. The van der Waals surface area contributed by atoms with Crippen LogP contribution in [0.15, 0.2) is 48.5 Å². The third-order valence-corrected chi connectivity index (χ3v) is 13.0. The number of hydrogen-bond acceptors (Lipinski definition) is 6. The van der Waals surface area contributed by atoms with Gasteiger partial charge in [-0.15, -0.1) is 0 Å². The first-order chi connectivity index (χ1) is 31.7. The summed E-state index contributed by atoms with van der Waals surface area (Å²) >= 11 is 0. The molecule has 0 heterocycles. The van der Waals surface area contributed by atoms with E-state index in [4.69, 9.17) is 18.9 Å². The topological polar surface area (TPSA) is 71.1 Å². The summed E-state index contributed by atoms with van der Waals surface area (Å²) in [6.07, 6.45) is 45.2. The Labute approximate surface area is 392 Å². The number of carbonyl (C=O) groups excluding carboxylic acids is 2. The molecule has 0 fully saturated rings. The number of esters is 2. The van der Waals surface area contributed by atoms with E-state index >= 15 is 0 Å². The van der Waals surface area contributed by atoms with Gasteiger partial charge in [0, 0.05) is 34.4 Å². The van der Waals surface area contributed by atoms with Crippen molar-refractivity contribution < 1.29 is 28.5 Å². The van der Waals surface area contributed by atoms with Crippen LogP contribution in [0.5, 0.6) is 11.5 Å². The number of hydrogen-bond donors (Lipinski definition) is 0. The van der Waals surface area contributed by atoms with Crippen molar-refractivity contribution in [3.05, 3.63) is 48.5 Å². The maximum Gasteiger partial charge on any atom is 0.305 e. The molecule has 3 aromatic rings. The van der Waals surface area contributed by atoms with Crippen molar-refractivity contribution in [3.8, 4) is 11.5 Å². The van der Waals surface area contributed by atoms with E-state index in [0.29, 0.717) is 26.1 Å². The molecule has 0 aliphatic heterocycles. The van der Waals surface area contributed by atoms with E-state index in [9.17, 15) is 9.59 Å². The fourth-order valence-corrected chi connectivity index (χ4v) is 9.22. The van der Waals surface area contributed by atoms with Gasteiger partial charge in [-0.2, -0.15) is 0 Å². The van der Waals surface area contributed by atoms with E-state index in [0.717, 1.165) is 84.8 Å². The average molecular weight is 887 g/mol. The van der Waals surface area contributed by atoms with Crippen LogP contribution in [-0.4, -0.2) is 38.4 Å². The summed E-state index contributed by atoms with van der Waals surface area (Å²) in [6.45, 7) is 6.25. The average Bonchev–Trinajstić information content (AvgIpc) is 3.30. The number of benzene rings is 3. The molecule has 6 nitrogen and oxygen atoms in total. The number of fused-ring (bicyclic) bond motifs is 2. The normalized spacial score (nSPS) is 11.4. The third-order valence-electron chi connectivity index (χ3n) is 13.0. The molecule has 3 aromatic carbocycles. The molecule has 0 unspecified atom stereocenters. The van der Waals surface area contributed by atoms with Gasteiger partial charge in [0.2, 0.25) is 0 Å². The van der Waals surface area contributed by atoms with Gasteiger partial charge in [-0.25, -0.2) is 0 Å². The van der Waals surface area contributed by atoms with Crippen LogP contribution < -0.4 is 9.47 Å². The van der Waals surface area contributed by atoms with Gasteiger partial charge in [0.05, 0.1) is 26.4 Å². The second-order valence-corrected chi connectivity index (χ2v) is 18.6. The summed E-state index contributed by atoms with van der Waals surface area (Å²) in [7, 11) is 0. The Kier molecular flexibility index (Phi) is 33.5. The van der Waals surface area contributed by atoms with Crippen LogP contribution in [0, 0.1) is 0 Å². The van der Waals surface area contributed by atoms with Crippen LogP contribution in [0.4, 0.5) is 0 Å². The molecule has 0 atom stereocenters. The zero-order valence-corrected chi connectivity index (χ0v) is 41.4. The molecule has 0 radical (unpaired) electrons. The van der Waals surface area contributed by atoms with Crippen LogP contribution in [0.3, 0.4) is 0 Å². The van der Waals surface area contributed by atoms with Crippen molar-refractivity contribution in [1.29, 1.82) is 0 Å². The summed E-state index contributed by atoms with van der Waals surface area (Å²) < 4.78 is 23.2. The standard InChI is InChI=1S/C58H94O6/c1-3-61-55(59)47-35-31-27-23-19-15-11-7-5-9-13-17-21-25-29-33-41-49-63-57-51-43-37-39-45-53(51)58(54-46-40-38-44-52(54)57)64-50-42-34-30-26-22-18-14-10-6-8-12-16-20-24-28-32-36-48-56(60)62-4-2/h37-40,43-46H,3-36,41-42,47-50H2,1-2H3. The highest BCUT2D eigenvalue weighted by atomic mass is 16.5. The van der Waals surface area contributed by atoms with Gasteiger partial charge in [0.25, 0.3) is 0 Å². The van der Waals surface area contributed by atoms with Gasteiger partial charge < -0.3 is 18.9 Å². The molecule has 362 valence electrons. The maximum atomic E-state index is 11.4. The lowest BCUT2D eigenvalue weighted by Gasteiger charge is -2.18. The van der Waals surface area contributed by atoms with Gasteiger partial charge >= 0.3 is 11.9 Å². The second kappa shape index (κ2) is 38.9. The molecular formula is C58H94O6. The van der Waals surface area contributed by atoms with E-state index in [1.165, 1.54) is 180 Å². The van der Waals surface area contributed by atoms with Gasteiger partial charge in [-0.3, -0.25) is 9.59 Å². The van der Waals surface area contributed by atoms with Crippen LogP contribution in [-0.2, 0) is 19.1 Å². The Morgan fingerprint density at radius 1 is 0.312 bits per heavy atom. The molecule has 64 heavy (non-hydrogen) atoms. The lowest BCUT2D eigenvalue weighted by molar-refractivity contribution is -0.144. The third kappa shape index (κ3) is 26.0. The summed E-state index contributed by atoms with van der Waals surface area (Å²) in [5.74, 6) is 1.94. The Hall–Kier alpha value is -3.28. The summed E-state index contributed by atoms with van der Waals surface area (Å²) in [6, 6.07) is 17.3. The van der Waals surface area contributed by atoms with Crippen molar-refractivity contribution in [1.82, 2.24) is 0 Å². The van der Waals surface area contributed by atoms with Crippen molar-refractivity contribution >= 4 is 33.5 Å². The minimum atomic E-state index is -0.0398. The number of rotatable bonds is 44. The Bertz CT molecular complexity index is 1410. The Balaban J connectivity index is 1.17. The van der Waals surface area contributed by atoms with Crippen molar-refractivity contribution in [2.75, 3.05) is 26.4 Å². The van der Waals surface area contributed by atoms with Crippen LogP contribution in [0.2, 0.25) is 0 Å². The molecule has 3 rings (SSSR count). The van der Waals surface area contributed by atoms with E-state index in [-0.39, 0.29) is 11.9 Å². The first kappa shape index (κ1) is 55.1. The largest absolute Gasteiger partial charge is 0.492 e. The first-order valence-electron chi connectivity index (χ1n) is 27.2. The summed E-state index contributed by atoms with van der Waals surface area (Å²) in [4.78, 5) is 22.8. The zero-order chi connectivity index (χ0) is 45.4. The van der Waals surface area contributed by atoms with E-state index < -0.39 is 0 Å². The Morgan fingerprint density at radius 3 is 0.734 bits per heavy atom. The van der Waals surface area contributed by atoms with E-state index in [1.807, 2.05) is 13.8 Å². The number of carbonyl (C=O) groups is 2. The predicted molar refractivity (Wildman–Crippen MR) is 272 cm³/mol. The molecule has 0 amide bonds. The quantitative estimate of drug-likeness (QED) is 0.0320. The fraction of sp³-hybridized carbons (Fsp3) is 0.724. The van der Waals surface area contributed by atoms with Gasteiger partial charge in [-0.1, -0.05) is 241 Å². The molecule has 0 bridgehead atoms. The molecule has 0 N–H and O–H groups in total. The van der Waals surface area contributed by atoms with Gasteiger partial charge in [0.1, 0.15) is 11.5 Å². The maximum absolute atomic E-state index is 11.4. The van der Waals surface area contributed by atoms with Crippen LogP contribution in [0.1, 0.15) is 245 Å². The smallest absolute Gasteiger partial charge is 0.305 e. The van der Waals surface area contributed by atoms with Crippen molar-refractivity contribution in [2.45, 2.75) is 245 Å². The van der Waals surface area contributed by atoms with E-state index in [1.54, 1.807) is 0 Å². The predicted octanol–water partition coefficient (Wildman–Crippen LogP) is 17.9. The minimum Gasteiger partial charge on any atom is -0.492 e. The molecule has 0 aliphatic rings. The van der Waals surface area contributed by atoms with Crippen molar-refractivity contribution in [2.24, 2.45) is 0 Å². The van der Waals surface area contributed by atoms with Crippen LogP contribution >= 0.6 is 0 Å². The van der Waals surface area contributed by atoms with Crippen LogP contribution in [0.25, 0.3) is 21.5 Å². The highest BCUT2D eigenvalue weighted by Crippen LogP contribution is 2.43. The highest BCUT2D eigenvalue weighted by Gasteiger charge is 2.16. The van der Waals surface area contributed by atoms with Gasteiger partial charge in [0.15, 0.2) is 0 Å². The lowest BCUT2D eigenvalue weighted by Crippen LogP contribution is -2.03. The van der Waals surface area contributed by atoms with Crippen molar-refractivity contribution in [3.63, 3.8) is 0 Å². The number of ether oxygens (including phenoxy) is 4. The second-order valence-electron chi connectivity index (χ2n) is 18.6. The molecule has 0 aromatic heterocycles. The highest BCUT2D eigenvalue weighted by molar-refractivity contribution is 6.11. The number of unbranched alkanes of at least 4 members (excludes halogenated alkanes) is 32. The Morgan fingerprint density at radius 2 is 0.516 bits per heavy atom. The van der Waals surface area contributed by atoms with Gasteiger partial charge in [-0.05, 0) is 39.5 Å². The first-order valence-corrected chi connectivity index (χ1v) is 27.2. The summed E-state index contributed by atoms with van der Waals surface area (Å²) in [5.41, 5.74) is 0. The molecular weight excluding hydrogens is 793 g/mol. The molecule has 0 spiro atoms. The molecule has 0 saturated carbocycles. The summed E-state index contributed by atoms with van der Waals surface area (Å²) in [5, 5.41) is 4.63.